The number of nitrogens with zero attached hydrogens (tertiary/aromatic N) is 3. The second kappa shape index (κ2) is 5.44. The fourth-order valence-electron chi connectivity index (χ4n) is 2.08. The monoisotopic (exact) mass is 356 g/mol. The molecule has 1 N–H and O–H groups in total. The SMILES string of the molecule is Cn1nnc(Br)c1S(=O)(=O)NC1CCCCC1Cl. The number of aromatic nitrogens is 3. The maximum atomic E-state index is 12.2. The first-order chi connectivity index (χ1) is 8.42. The molecule has 1 aromatic rings. The van der Waals surface area contributed by atoms with Crippen molar-refractivity contribution in [2.75, 3.05) is 0 Å². The van der Waals surface area contributed by atoms with Gasteiger partial charge in [-0.1, -0.05) is 18.1 Å². The summed E-state index contributed by atoms with van der Waals surface area (Å²) in [6.07, 6.45) is 3.63. The summed E-state index contributed by atoms with van der Waals surface area (Å²) in [5, 5.41) is 7.20. The van der Waals surface area contributed by atoms with E-state index < -0.39 is 10.0 Å². The first-order valence-electron chi connectivity index (χ1n) is 5.63. The van der Waals surface area contributed by atoms with Crippen LogP contribution < -0.4 is 4.72 Å². The predicted molar refractivity (Wildman–Crippen MR) is 70.9 cm³/mol. The van der Waals surface area contributed by atoms with Gasteiger partial charge in [0.25, 0.3) is 10.0 Å². The van der Waals surface area contributed by atoms with Gasteiger partial charge < -0.3 is 0 Å². The van der Waals surface area contributed by atoms with Gasteiger partial charge >= 0.3 is 0 Å². The minimum absolute atomic E-state index is 0.0249. The zero-order valence-electron chi connectivity index (χ0n) is 9.81. The van der Waals surface area contributed by atoms with Gasteiger partial charge in [-0.05, 0) is 28.8 Å². The van der Waals surface area contributed by atoms with Crippen LogP contribution in [0, 0.1) is 0 Å². The average molecular weight is 358 g/mol. The molecule has 0 saturated heterocycles. The van der Waals surface area contributed by atoms with E-state index in [9.17, 15) is 8.42 Å². The topological polar surface area (TPSA) is 76.9 Å². The van der Waals surface area contributed by atoms with E-state index in [1.165, 1.54) is 11.7 Å². The van der Waals surface area contributed by atoms with Crippen molar-refractivity contribution >= 4 is 37.6 Å². The molecule has 0 bridgehead atoms. The summed E-state index contributed by atoms with van der Waals surface area (Å²) >= 11 is 9.24. The Bertz CT molecular complexity index is 513. The first kappa shape index (κ1) is 14.2. The van der Waals surface area contributed by atoms with Gasteiger partial charge in [0.1, 0.15) is 0 Å². The molecule has 2 unspecified atom stereocenters. The molecule has 2 atom stereocenters. The molecule has 1 aromatic heterocycles. The number of rotatable bonds is 3. The summed E-state index contributed by atoms with van der Waals surface area (Å²) in [5.41, 5.74) is 0. The van der Waals surface area contributed by atoms with E-state index >= 15 is 0 Å². The molecule has 1 aliphatic carbocycles. The Morgan fingerprint density at radius 1 is 1.44 bits per heavy atom. The zero-order chi connectivity index (χ0) is 13.3. The summed E-state index contributed by atoms with van der Waals surface area (Å²) in [4.78, 5) is 0. The highest BCUT2D eigenvalue weighted by Crippen LogP contribution is 2.25. The maximum absolute atomic E-state index is 12.2. The molecule has 1 heterocycles. The first-order valence-corrected chi connectivity index (χ1v) is 8.34. The third kappa shape index (κ3) is 2.87. The third-order valence-electron chi connectivity index (χ3n) is 2.98. The van der Waals surface area contributed by atoms with Crippen LogP contribution in [0.1, 0.15) is 25.7 Å². The quantitative estimate of drug-likeness (QED) is 0.830. The summed E-state index contributed by atoms with van der Waals surface area (Å²) in [6, 6.07) is -0.229. The average Bonchev–Trinajstić information content (AvgIpc) is 2.62. The van der Waals surface area contributed by atoms with Crippen LogP contribution >= 0.6 is 27.5 Å². The molecule has 9 heteroatoms. The molecule has 0 radical (unpaired) electrons. The van der Waals surface area contributed by atoms with Gasteiger partial charge in [0.15, 0.2) is 4.60 Å². The van der Waals surface area contributed by atoms with Crippen molar-refractivity contribution < 1.29 is 8.42 Å². The molecule has 102 valence electrons. The van der Waals surface area contributed by atoms with Gasteiger partial charge in [-0.25, -0.2) is 17.8 Å². The molecule has 0 spiro atoms. The van der Waals surface area contributed by atoms with Crippen LogP contribution in [0.5, 0.6) is 0 Å². The van der Waals surface area contributed by atoms with E-state index in [1.54, 1.807) is 0 Å². The van der Waals surface area contributed by atoms with Crippen molar-refractivity contribution in [3.8, 4) is 0 Å². The molecule has 2 rings (SSSR count). The molecular formula is C9H14BrClN4O2S. The third-order valence-corrected chi connectivity index (χ3v) is 5.88. The normalized spacial score (nSPS) is 25.3. The standard InChI is InChI=1S/C9H14BrClN4O2S/c1-15-9(8(10)12-14-15)18(16,17)13-7-5-3-2-4-6(7)11/h6-7,13H,2-5H2,1H3. The zero-order valence-corrected chi connectivity index (χ0v) is 13.0. The van der Waals surface area contributed by atoms with Gasteiger partial charge in [-0.15, -0.1) is 16.7 Å². The minimum atomic E-state index is -3.65. The van der Waals surface area contributed by atoms with Crippen LogP contribution in [0.2, 0.25) is 0 Å². The molecule has 18 heavy (non-hydrogen) atoms. The molecule has 0 amide bonds. The predicted octanol–water partition coefficient (Wildman–Crippen LogP) is 1.41. The van der Waals surface area contributed by atoms with Crippen LogP contribution in [0.3, 0.4) is 0 Å². The molecule has 1 aliphatic rings. The molecule has 6 nitrogen and oxygen atoms in total. The number of hydrogen-bond acceptors (Lipinski definition) is 4. The van der Waals surface area contributed by atoms with E-state index in [1.807, 2.05) is 0 Å². The molecular weight excluding hydrogens is 344 g/mol. The number of alkyl halides is 1. The van der Waals surface area contributed by atoms with Crippen LogP contribution in [-0.4, -0.2) is 34.8 Å². The number of nitrogens with one attached hydrogen (secondary N) is 1. The summed E-state index contributed by atoms with van der Waals surface area (Å²) in [7, 11) is -2.12. The van der Waals surface area contributed by atoms with E-state index in [0.717, 1.165) is 25.7 Å². The Hall–Kier alpha value is -0.180. The van der Waals surface area contributed by atoms with Crippen LogP contribution in [0.4, 0.5) is 0 Å². The number of sulfonamides is 1. The highest BCUT2D eigenvalue weighted by Gasteiger charge is 2.31. The van der Waals surface area contributed by atoms with Crippen molar-refractivity contribution in [2.45, 2.75) is 42.1 Å². The van der Waals surface area contributed by atoms with Crippen molar-refractivity contribution in [1.29, 1.82) is 0 Å². The molecule has 1 fully saturated rings. The van der Waals surface area contributed by atoms with Crippen LogP contribution in [-0.2, 0) is 17.1 Å². The second-order valence-electron chi connectivity index (χ2n) is 4.34. The maximum Gasteiger partial charge on any atom is 0.260 e. The van der Waals surface area contributed by atoms with Crippen molar-refractivity contribution in [3.63, 3.8) is 0 Å². The fourth-order valence-corrected chi connectivity index (χ4v) is 4.91. The van der Waals surface area contributed by atoms with Gasteiger partial charge in [0.05, 0.1) is 0 Å². The summed E-state index contributed by atoms with van der Waals surface area (Å²) in [6.45, 7) is 0. The van der Waals surface area contributed by atoms with Crippen LogP contribution in [0.15, 0.2) is 9.63 Å². The molecule has 0 aromatic carbocycles. The van der Waals surface area contributed by atoms with Crippen molar-refractivity contribution in [2.24, 2.45) is 7.05 Å². The van der Waals surface area contributed by atoms with Gasteiger partial charge in [-0.3, -0.25) is 0 Å². The molecule has 0 aliphatic heterocycles. The van der Waals surface area contributed by atoms with Gasteiger partial charge in [-0.2, -0.15) is 0 Å². The Morgan fingerprint density at radius 3 is 2.67 bits per heavy atom. The van der Waals surface area contributed by atoms with Crippen molar-refractivity contribution in [1.82, 2.24) is 19.7 Å². The van der Waals surface area contributed by atoms with E-state index in [4.69, 9.17) is 11.6 Å². The van der Waals surface area contributed by atoms with Crippen molar-refractivity contribution in [3.05, 3.63) is 4.60 Å². The Labute approximate surface area is 119 Å². The van der Waals surface area contributed by atoms with Gasteiger partial charge in [0, 0.05) is 18.5 Å². The van der Waals surface area contributed by atoms with Crippen LogP contribution in [0.25, 0.3) is 0 Å². The number of halogens is 2. The lowest BCUT2D eigenvalue weighted by Gasteiger charge is -2.27. The Balaban J connectivity index is 2.22. The Kier molecular flexibility index (Phi) is 4.30. The smallest absolute Gasteiger partial charge is 0.235 e. The molecule has 1 saturated carbocycles. The lowest BCUT2D eigenvalue weighted by atomic mass is 9.96. The minimum Gasteiger partial charge on any atom is -0.235 e. The lowest BCUT2D eigenvalue weighted by molar-refractivity contribution is 0.416. The van der Waals surface area contributed by atoms with E-state index in [0.29, 0.717) is 0 Å². The number of aryl methyl sites for hydroxylation is 1. The summed E-state index contributed by atoms with van der Waals surface area (Å²) in [5.74, 6) is 0. The highest BCUT2D eigenvalue weighted by atomic mass is 79.9. The fraction of sp³-hybridized carbons (Fsp3) is 0.778. The van der Waals surface area contributed by atoms with E-state index in [2.05, 4.69) is 31.0 Å². The van der Waals surface area contributed by atoms with Gasteiger partial charge in [0.2, 0.25) is 5.03 Å². The van der Waals surface area contributed by atoms with E-state index in [-0.39, 0.29) is 21.0 Å². The largest absolute Gasteiger partial charge is 0.260 e. The number of hydrogen-bond donors (Lipinski definition) is 1. The highest BCUT2D eigenvalue weighted by molar-refractivity contribution is 9.10. The Morgan fingerprint density at radius 2 is 2.11 bits per heavy atom. The second-order valence-corrected chi connectivity index (χ2v) is 7.28. The summed E-state index contributed by atoms with van der Waals surface area (Å²) < 4.78 is 28.6. The lowest BCUT2D eigenvalue weighted by Crippen LogP contribution is -2.43.